The number of amides is 2. The van der Waals surface area contributed by atoms with Crippen LogP contribution in [0.5, 0.6) is 0 Å². The summed E-state index contributed by atoms with van der Waals surface area (Å²) in [6, 6.07) is 0.658. The summed E-state index contributed by atoms with van der Waals surface area (Å²) in [5.74, 6) is 0.386. The molecule has 0 radical (unpaired) electrons. The Bertz CT molecular complexity index is 451. The van der Waals surface area contributed by atoms with Crippen LogP contribution in [0, 0.1) is 5.41 Å². The Balaban J connectivity index is 0.00000192. The number of hydrogen-bond acceptors (Lipinski definition) is 3. The standard InChI is InChI=1S/C17H29N3O2.ClH/c1-13-5-3-9-19(13)15(21)11-17(7-8-18-12-17)16(22)20-10-4-6-14(20)2;/h13-14,18H,3-12H2,1-2H3;1H. The third-order valence-corrected chi connectivity index (χ3v) is 5.87. The van der Waals surface area contributed by atoms with Crippen LogP contribution >= 0.6 is 12.4 Å². The number of rotatable bonds is 3. The zero-order chi connectivity index (χ0) is 15.7. The number of likely N-dealkylation sites (tertiary alicyclic amines) is 2. The minimum Gasteiger partial charge on any atom is -0.340 e. The van der Waals surface area contributed by atoms with Crippen LogP contribution in [0.15, 0.2) is 0 Å². The van der Waals surface area contributed by atoms with E-state index < -0.39 is 5.41 Å². The Kier molecular flexibility index (Phi) is 5.95. The SMILES string of the molecule is CC1CCCN1C(=O)CC1(C(=O)N2CCCC2C)CCNC1.Cl. The van der Waals surface area contributed by atoms with E-state index in [4.69, 9.17) is 0 Å². The van der Waals surface area contributed by atoms with E-state index in [1.165, 1.54) is 0 Å². The lowest BCUT2D eigenvalue weighted by Gasteiger charge is -2.35. The first-order valence-corrected chi connectivity index (χ1v) is 8.85. The molecule has 3 saturated heterocycles. The van der Waals surface area contributed by atoms with Gasteiger partial charge in [-0.1, -0.05) is 0 Å². The molecule has 0 bridgehead atoms. The molecule has 3 aliphatic heterocycles. The van der Waals surface area contributed by atoms with E-state index in [2.05, 4.69) is 19.2 Å². The van der Waals surface area contributed by atoms with Gasteiger partial charge in [-0.2, -0.15) is 0 Å². The van der Waals surface area contributed by atoms with Crippen molar-refractivity contribution in [3.63, 3.8) is 0 Å². The van der Waals surface area contributed by atoms with E-state index in [1.54, 1.807) is 0 Å². The molecular formula is C17H30ClN3O2. The topological polar surface area (TPSA) is 52.7 Å². The smallest absolute Gasteiger partial charge is 0.230 e. The van der Waals surface area contributed by atoms with Gasteiger partial charge in [0.05, 0.1) is 5.41 Å². The molecule has 0 saturated carbocycles. The Morgan fingerprint density at radius 2 is 1.70 bits per heavy atom. The second-order valence-corrected chi connectivity index (χ2v) is 7.45. The van der Waals surface area contributed by atoms with E-state index >= 15 is 0 Å². The third-order valence-electron chi connectivity index (χ3n) is 5.87. The van der Waals surface area contributed by atoms with E-state index in [0.717, 1.165) is 51.7 Å². The second kappa shape index (κ2) is 7.39. The molecule has 0 aromatic carbocycles. The zero-order valence-electron chi connectivity index (χ0n) is 14.3. The van der Waals surface area contributed by atoms with Crippen LogP contribution in [0.25, 0.3) is 0 Å². The van der Waals surface area contributed by atoms with Gasteiger partial charge in [-0.3, -0.25) is 9.59 Å². The number of carbonyl (C=O) groups is 2. The van der Waals surface area contributed by atoms with Crippen molar-refractivity contribution in [2.75, 3.05) is 26.2 Å². The van der Waals surface area contributed by atoms with E-state index in [0.29, 0.717) is 25.0 Å². The van der Waals surface area contributed by atoms with E-state index in [-0.39, 0.29) is 24.2 Å². The average Bonchev–Trinajstić information content (AvgIpc) is 3.20. The summed E-state index contributed by atoms with van der Waals surface area (Å²) < 4.78 is 0. The molecular weight excluding hydrogens is 314 g/mol. The number of hydrogen-bond donors (Lipinski definition) is 1. The summed E-state index contributed by atoms with van der Waals surface area (Å²) in [5.41, 5.74) is -0.502. The van der Waals surface area contributed by atoms with Gasteiger partial charge >= 0.3 is 0 Å². The summed E-state index contributed by atoms with van der Waals surface area (Å²) >= 11 is 0. The van der Waals surface area contributed by atoms with Gasteiger partial charge in [-0.25, -0.2) is 0 Å². The van der Waals surface area contributed by atoms with Crippen molar-refractivity contribution in [3.05, 3.63) is 0 Å². The van der Waals surface area contributed by atoms with Crippen LogP contribution in [-0.4, -0.2) is 59.9 Å². The van der Waals surface area contributed by atoms with Gasteiger partial charge in [0.2, 0.25) is 11.8 Å². The molecule has 0 spiro atoms. The van der Waals surface area contributed by atoms with Gasteiger partial charge < -0.3 is 15.1 Å². The quantitative estimate of drug-likeness (QED) is 0.850. The van der Waals surface area contributed by atoms with Crippen molar-refractivity contribution < 1.29 is 9.59 Å². The van der Waals surface area contributed by atoms with Crippen molar-refractivity contribution in [2.45, 2.75) is 64.5 Å². The Morgan fingerprint density at radius 1 is 1.09 bits per heavy atom. The normalized spacial score (nSPS) is 33.8. The van der Waals surface area contributed by atoms with Crippen LogP contribution in [0.4, 0.5) is 0 Å². The highest BCUT2D eigenvalue weighted by Crippen LogP contribution is 2.36. The summed E-state index contributed by atoms with van der Waals surface area (Å²) in [4.78, 5) is 29.9. The molecule has 6 heteroatoms. The molecule has 0 aliphatic carbocycles. The summed E-state index contributed by atoms with van der Waals surface area (Å²) in [5, 5.41) is 3.32. The average molecular weight is 344 g/mol. The summed E-state index contributed by atoms with van der Waals surface area (Å²) in [7, 11) is 0. The van der Waals surface area contributed by atoms with Crippen LogP contribution in [0.1, 0.15) is 52.4 Å². The van der Waals surface area contributed by atoms with Crippen LogP contribution in [-0.2, 0) is 9.59 Å². The molecule has 3 aliphatic rings. The lowest BCUT2D eigenvalue weighted by molar-refractivity contribution is -0.147. The highest BCUT2D eigenvalue weighted by atomic mass is 35.5. The molecule has 132 valence electrons. The van der Waals surface area contributed by atoms with Gasteiger partial charge in [-0.05, 0) is 52.5 Å². The maximum Gasteiger partial charge on any atom is 0.230 e. The van der Waals surface area contributed by atoms with Crippen LogP contribution in [0.3, 0.4) is 0 Å². The van der Waals surface area contributed by atoms with Crippen LogP contribution in [0.2, 0.25) is 0 Å². The minimum atomic E-state index is -0.502. The predicted octanol–water partition coefficient (Wildman–Crippen LogP) is 1.80. The van der Waals surface area contributed by atoms with Crippen LogP contribution < -0.4 is 5.32 Å². The van der Waals surface area contributed by atoms with Gasteiger partial charge in [0, 0.05) is 38.1 Å². The Hall–Kier alpha value is -0.810. The van der Waals surface area contributed by atoms with Gasteiger partial charge in [-0.15, -0.1) is 12.4 Å². The van der Waals surface area contributed by atoms with Crippen molar-refractivity contribution in [1.82, 2.24) is 15.1 Å². The maximum absolute atomic E-state index is 13.1. The van der Waals surface area contributed by atoms with E-state index in [1.807, 2.05) is 9.80 Å². The van der Waals surface area contributed by atoms with E-state index in [9.17, 15) is 9.59 Å². The minimum absolute atomic E-state index is 0. The molecule has 3 rings (SSSR count). The first-order valence-electron chi connectivity index (χ1n) is 8.85. The second-order valence-electron chi connectivity index (χ2n) is 7.45. The van der Waals surface area contributed by atoms with Crippen molar-refractivity contribution >= 4 is 24.2 Å². The molecule has 0 aromatic rings. The monoisotopic (exact) mass is 343 g/mol. The fourth-order valence-corrected chi connectivity index (χ4v) is 4.39. The highest BCUT2D eigenvalue weighted by molar-refractivity contribution is 5.90. The largest absolute Gasteiger partial charge is 0.340 e. The molecule has 1 N–H and O–H groups in total. The zero-order valence-corrected chi connectivity index (χ0v) is 15.2. The molecule has 2 amide bonds. The lowest BCUT2D eigenvalue weighted by Crippen LogP contribution is -2.49. The molecule has 23 heavy (non-hydrogen) atoms. The summed E-state index contributed by atoms with van der Waals surface area (Å²) in [6.07, 6.45) is 5.54. The van der Waals surface area contributed by atoms with Crippen molar-refractivity contribution in [1.29, 1.82) is 0 Å². The fourth-order valence-electron chi connectivity index (χ4n) is 4.39. The Labute approximate surface area is 145 Å². The number of nitrogens with one attached hydrogen (secondary N) is 1. The molecule has 3 heterocycles. The van der Waals surface area contributed by atoms with Gasteiger partial charge in [0.1, 0.15) is 0 Å². The van der Waals surface area contributed by atoms with Gasteiger partial charge in [0.15, 0.2) is 0 Å². The molecule has 3 atom stereocenters. The Morgan fingerprint density at radius 3 is 2.17 bits per heavy atom. The highest BCUT2D eigenvalue weighted by Gasteiger charge is 2.47. The first-order chi connectivity index (χ1) is 10.5. The molecule has 3 unspecified atom stereocenters. The molecule has 5 nitrogen and oxygen atoms in total. The summed E-state index contributed by atoms with van der Waals surface area (Å²) in [6.45, 7) is 7.47. The number of nitrogens with zero attached hydrogens (tertiary/aromatic N) is 2. The number of carbonyl (C=O) groups excluding carboxylic acids is 2. The third kappa shape index (κ3) is 3.50. The molecule has 0 aromatic heterocycles. The van der Waals surface area contributed by atoms with Crippen molar-refractivity contribution in [3.8, 4) is 0 Å². The first kappa shape index (κ1) is 18.5. The predicted molar refractivity (Wildman–Crippen MR) is 92.6 cm³/mol. The molecule has 3 fully saturated rings. The number of halogens is 1. The van der Waals surface area contributed by atoms with Crippen molar-refractivity contribution in [2.24, 2.45) is 5.41 Å². The van der Waals surface area contributed by atoms with Gasteiger partial charge in [0.25, 0.3) is 0 Å². The lowest BCUT2D eigenvalue weighted by atomic mass is 9.81. The maximum atomic E-state index is 13.1. The fraction of sp³-hybridized carbons (Fsp3) is 0.882.